The maximum absolute atomic E-state index is 5.48. The lowest BCUT2D eigenvalue weighted by Crippen LogP contribution is -2.08. The summed E-state index contributed by atoms with van der Waals surface area (Å²) in [5.41, 5.74) is 7.13. The van der Waals surface area contributed by atoms with E-state index in [0.29, 0.717) is 5.69 Å². The molecule has 4 heteroatoms. The lowest BCUT2D eigenvalue weighted by atomic mass is 10.0. The van der Waals surface area contributed by atoms with Crippen molar-refractivity contribution < 1.29 is 0 Å². The molecular formula is C5H6BBrN2. The number of hydrogen-bond donors (Lipinski definition) is 1. The van der Waals surface area contributed by atoms with Crippen LogP contribution in [0.4, 0.5) is 5.69 Å². The van der Waals surface area contributed by atoms with Crippen LogP contribution < -0.4 is 11.3 Å². The minimum Gasteiger partial charge on any atom is -0.397 e. The van der Waals surface area contributed by atoms with Gasteiger partial charge in [0.05, 0.1) is 5.69 Å². The van der Waals surface area contributed by atoms with E-state index in [4.69, 9.17) is 5.73 Å². The summed E-state index contributed by atoms with van der Waals surface area (Å²) in [5.74, 6) is 0. The van der Waals surface area contributed by atoms with E-state index in [-0.39, 0.29) is 0 Å². The fourth-order valence-corrected chi connectivity index (χ4v) is 0.948. The summed E-state index contributed by atoms with van der Waals surface area (Å²) in [6, 6.07) is 3.70. The summed E-state index contributed by atoms with van der Waals surface area (Å²) in [4.78, 5) is 4.06. The summed E-state index contributed by atoms with van der Waals surface area (Å²) in [6.45, 7) is 0. The second-order valence-corrected chi connectivity index (χ2v) is 2.58. The van der Waals surface area contributed by atoms with Crippen molar-refractivity contribution in [3.8, 4) is 0 Å². The lowest BCUT2D eigenvalue weighted by Gasteiger charge is -1.96. The molecule has 9 heavy (non-hydrogen) atoms. The summed E-state index contributed by atoms with van der Waals surface area (Å²) in [5, 5.41) is 0. The number of hydrogen-bond acceptors (Lipinski definition) is 2. The topological polar surface area (TPSA) is 38.9 Å². The van der Waals surface area contributed by atoms with Crippen LogP contribution in [0, 0.1) is 0 Å². The van der Waals surface area contributed by atoms with Gasteiger partial charge >= 0.3 is 0 Å². The Morgan fingerprint density at radius 3 is 2.67 bits per heavy atom. The second kappa shape index (κ2) is 2.39. The number of pyridine rings is 1. The fourth-order valence-electron chi connectivity index (χ4n) is 0.536. The van der Waals surface area contributed by atoms with Gasteiger partial charge in [0, 0.05) is 0 Å². The zero-order chi connectivity index (χ0) is 6.85. The molecule has 0 amide bonds. The van der Waals surface area contributed by atoms with Crippen LogP contribution >= 0.6 is 15.9 Å². The Labute approximate surface area is 63.0 Å². The Morgan fingerprint density at radius 1 is 1.56 bits per heavy atom. The van der Waals surface area contributed by atoms with Gasteiger partial charge in [-0.3, -0.25) is 4.98 Å². The number of rotatable bonds is 0. The molecule has 1 aromatic heterocycles. The molecule has 1 aromatic rings. The van der Waals surface area contributed by atoms with Crippen LogP contribution in [0.15, 0.2) is 16.7 Å². The monoisotopic (exact) mass is 184 g/mol. The second-order valence-electron chi connectivity index (χ2n) is 1.83. The Bertz CT molecular complexity index is 226. The molecule has 46 valence electrons. The van der Waals surface area contributed by atoms with Crippen LogP contribution in [0.5, 0.6) is 0 Å². The predicted molar refractivity (Wildman–Crippen MR) is 44.5 cm³/mol. The SMILES string of the molecule is Bc1ccc(N)c(Br)n1. The van der Waals surface area contributed by atoms with Gasteiger partial charge in [0.15, 0.2) is 7.85 Å². The van der Waals surface area contributed by atoms with Crippen LogP contribution in [0.1, 0.15) is 0 Å². The molecule has 0 atom stereocenters. The molecule has 2 nitrogen and oxygen atoms in total. The maximum Gasteiger partial charge on any atom is 0.163 e. The Balaban J connectivity index is 3.17. The average molecular weight is 185 g/mol. The van der Waals surface area contributed by atoms with Crippen molar-refractivity contribution in [3.63, 3.8) is 0 Å². The van der Waals surface area contributed by atoms with Crippen LogP contribution in [0.2, 0.25) is 0 Å². The predicted octanol–water partition coefficient (Wildman–Crippen LogP) is -0.315. The standard InChI is InChI=1S/C5H6BBrN2/c6-4-2-1-3(8)5(7)9-4/h1-2H,6,8H2. The van der Waals surface area contributed by atoms with Gasteiger partial charge in [-0.25, -0.2) is 0 Å². The van der Waals surface area contributed by atoms with E-state index in [0.717, 1.165) is 10.2 Å². The Kier molecular flexibility index (Phi) is 1.76. The minimum absolute atomic E-state index is 0.681. The van der Waals surface area contributed by atoms with E-state index < -0.39 is 0 Å². The number of nitrogens with two attached hydrogens (primary N) is 1. The molecule has 0 saturated carbocycles. The highest BCUT2D eigenvalue weighted by Crippen LogP contribution is 2.11. The van der Waals surface area contributed by atoms with E-state index >= 15 is 0 Å². The summed E-state index contributed by atoms with van der Waals surface area (Å²) in [6.07, 6.45) is 0. The molecule has 0 unspecified atom stereocenters. The molecule has 0 radical (unpaired) electrons. The molecule has 1 rings (SSSR count). The van der Waals surface area contributed by atoms with Gasteiger partial charge in [-0.05, 0) is 33.7 Å². The highest BCUT2D eigenvalue weighted by molar-refractivity contribution is 9.10. The van der Waals surface area contributed by atoms with Crippen molar-refractivity contribution in [2.24, 2.45) is 0 Å². The number of anilines is 1. The molecule has 0 aliphatic carbocycles. The van der Waals surface area contributed by atoms with Crippen molar-refractivity contribution in [1.29, 1.82) is 0 Å². The van der Waals surface area contributed by atoms with E-state index in [9.17, 15) is 0 Å². The van der Waals surface area contributed by atoms with Crippen molar-refractivity contribution >= 4 is 35.1 Å². The first-order valence-corrected chi connectivity index (χ1v) is 3.38. The van der Waals surface area contributed by atoms with Gasteiger partial charge in [-0.1, -0.05) is 0 Å². The first kappa shape index (κ1) is 6.61. The molecule has 0 spiro atoms. The first-order chi connectivity index (χ1) is 4.20. The van der Waals surface area contributed by atoms with Crippen molar-refractivity contribution in [1.82, 2.24) is 4.98 Å². The Hall–Kier alpha value is -0.505. The zero-order valence-corrected chi connectivity index (χ0v) is 6.64. The van der Waals surface area contributed by atoms with Gasteiger partial charge in [0.1, 0.15) is 4.60 Å². The van der Waals surface area contributed by atoms with E-state index in [1.807, 2.05) is 20.0 Å². The summed E-state index contributed by atoms with van der Waals surface area (Å²) in [7, 11) is 1.92. The minimum atomic E-state index is 0.681. The molecular weight excluding hydrogens is 179 g/mol. The third-order valence-corrected chi connectivity index (χ3v) is 1.65. The quantitative estimate of drug-likeness (QED) is 0.444. The normalized spacial score (nSPS) is 9.44. The summed E-state index contributed by atoms with van der Waals surface area (Å²) < 4.78 is 0.725. The van der Waals surface area contributed by atoms with Crippen LogP contribution in [-0.2, 0) is 0 Å². The van der Waals surface area contributed by atoms with Crippen molar-refractivity contribution in [2.45, 2.75) is 0 Å². The van der Waals surface area contributed by atoms with E-state index in [1.165, 1.54) is 0 Å². The van der Waals surface area contributed by atoms with E-state index in [1.54, 1.807) is 0 Å². The molecule has 0 aromatic carbocycles. The zero-order valence-electron chi connectivity index (χ0n) is 5.06. The van der Waals surface area contributed by atoms with Gasteiger partial charge < -0.3 is 5.73 Å². The van der Waals surface area contributed by atoms with Crippen molar-refractivity contribution in [3.05, 3.63) is 16.7 Å². The highest BCUT2D eigenvalue weighted by atomic mass is 79.9. The van der Waals surface area contributed by atoms with E-state index in [2.05, 4.69) is 20.9 Å². The molecule has 0 aliphatic heterocycles. The smallest absolute Gasteiger partial charge is 0.163 e. The number of halogens is 1. The average Bonchev–Trinajstić information content (AvgIpc) is 1.80. The largest absolute Gasteiger partial charge is 0.397 e. The molecule has 2 N–H and O–H groups in total. The first-order valence-electron chi connectivity index (χ1n) is 2.59. The molecule has 0 aliphatic rings. The van der Waals surface area contributed by atoms with Gasteiger partial charge in [0.25, 0.3) is 0 Å². The van der Waals surface area contributed by atoms with Crippen LogP contribution in [0.3, 0.4) is 0 Å². The lowest BCUT2D eigenvalue weighted by molar-refractivity contribution is 1.33. The Morgan fingerprint density at radius 2 is 2.22 bits per heavy atom. The third-order valence-electron chi connectivity index (χ3n) is 1.02. The van der Waals surface area contributed by atoms with Crippen LogP contribution in [-0.4, -0.2) is 12.8 Å². The molecule has 0 bridgehead atoms. The summed E-state index contributed by atoms with van der Waals surface area (Å²) >= 11 is 3.21. The van der Waals surface area contributed by atoms with Gasteiger partial charge in [0.2, 0.25) is 0 Å². The number of nitrogens with zero attached hydrogens (tertiary/aromatic N) is 1. The molecule has 0 fully saturated rings. The maximum atomic E-state index is 5.48. The molecule has 1 heterocycles. The van der Waals surface area contributed by atoms with Crippen molar-refractivity contribution in [2.75, 3.05) is 5.73 Å². The third kappa shape index (κ3) is 1.45. The molecule has 0 saturated heterocycles. The van der Waals surface area contributed by atoms with Gasteiger partial charge in [-0.2, -0.15) is 0 Å². The van der Waals surface area contributed by atoms with Gasteiger partial charge in [-0.15, -0.1) is 0 Å². The number of nitrogen functional groups attached to an aromatic ring is 1. The van der Waals surface area contributed by atoms with Crippen LogP contribution in [0.25, 0.3) is 0 Å². The highest BCUT2D eigenvalue weighted by Gasteiger charge is 1.93. The number of aromatic nitrogens is 1. The fraction of sp³-hybridized carbons (Fsp3) is 0.